The van der Waals surface area contributed by atoms with E-state index in [9.17, 15) is 10.2 Å². The zero-order chi connectivity index (χ0) is 24.5. The van der Waals surface area contributed by atoms with Gasteiger partial charge < -0.3 is 29.2 Å². The summed E-state index contributed by atoms with van der Waals surface area (Å²) >= 11 is 6.40. The Kier molecular flexibility index (Phi) is 8.68. The van der Waals surface area contributed by atoms with Crippen molar-refractivity contribution in [1.82, 2.24) is 0 Å². The highest BCUT2D eigenvalue weighted by molar-refractivity contribution is 6.33. The highest BCUT2D eigenvalue weighted by Crippen LogP contribution is 2.37. The van der Waals surface area contributed by atoms with E-state index in [2.05, 4.69) is 0 Å². The summed E-state index contributed by atoms with van der Waals surface area (Å²) in [4.78, 5) is 0. The first-order valence-electron chi connectivity index (χ1n) is 11.3. The summed E-state index contributed by atoms with van der Waals surface area (Å²) in [5.41, 5.74) is 0. The molecule has 6 nitrogen and oxygen atoms in total. The van der Waals surface area contributed by atoms with Gasteiger partial charge in [-0.05, 0) is 42.5 Å². The molecule has 0 saturated heterocycles. The minimum atomic E-state index is -0.847. The van der Waals surface area contributed by atoms with Gasteiger partial charge in [0.15, 0.2) is 0 Å². The minimum Gasteiger partial charge on any atom is -0.491 e. The van der Waals surface area contributed by atoms with Crippen molar-refractivity contribution < 1.29 is 29.2 Å². The maximum atomic E-state index is 10.3. The number of ether oxygens (including phenoxy) is 4. The molecule has 4 rings (SSSR count). The molecule has 0 fully saturated rings. The van der Waals surface area contributed by atoms with Crippen LogP contribution in [0.25, 0.3) is 10.8 Å². The van der Waals surface area contributed by atoms with E-state index in [1.807, 2.05) is 84.9 Å². The molecular formula is C28H27ClO6. The quantitative estimate of drug-likeness (QED) is 0.284. The van der Waals surface area contributed by atoms with Crippen LogP contribution in [0.4, 0.5) is 0 Å². The summed E-state index contributed by atoms with van der Waals surface area (Å²) in [6.07, 6.45) is -1.66. The van der Waals surface area contributed by atoms with E-state index in [1.54, 1.807) is 6.07 Å². The molecule has 0 heterocycles. The molecule has 7 heteroatoms. The van der Waals surface area contributed by atoms with E-state index in [0.717, 1.165) is 10.8 Å². The average Bonchev–Trinajstić information content (AvgIpc) is 2.90. The zero-order valence-corrected chi connectivity index (χ0v) is 19.8. The van der Waals surface area contributed by atoms with Gasteiger partial charge in [-0.2, -0.15) is 0 Å². The predicted molar refractivity (Wildman–Crippen MR) is 136 cm³/mol. The fourth-order valence-corrected chi connectivity index (χ4v) is 3.65. The molecule has 0 radical (unpaired) electrons. The first kappa shape index (κ1) is 24.7. The molecule has 0 aliphatic carbocycles. The first-order chi connectivity index (χ1) is 17.1. The zero-order valence-electron chi connectivity index (χ0n) is 19.0. The lowest BCUT2D eigenvalue weighted by atomic mass is 10.1. The highest BCUT2D eigenvalue weighted by atomic mass is 35.5. The van der Waals surface area contributed by atoms with Crippen LogP contribution in [0.2, 0.25) is 5.02 Å². The number of halogens is 1. The maximum Gasteiger partial charge on any atom is 0.145 e. The molecule has 0 aliphatic heterocycles. The Labute approximate surface area is 209 Å². The molecule has 4 aromatic rings. The van der Waals surface area contributed by atoms with Gasteiger partial charge in [-0.15, -0.1) is 0 Å². The molecule has 2 unspecified atom stereocenters. The molecule has 0 spiro atoms. The van der Waals surface area contributed by atoms with Crippen molar-refractivity contribution in [3.63, 3.8) is 0 Å². The fraction of sp³-hybridized carbons (Fsp3) is 0.214. The Hall–Kier alpha value is -3.45. The highest BCUT2D eigenvalue weighted by Gasteiger charge is 2.15. The van der Waals surface area contributed by atoms with Crippen molar-refractivity contribution in [2.24, 2.45) is 0 Å². The van der Waals surface area contributed by atoms with Gasteiger partial charge in [-0.3, -0.25) is 0 Å². The van der Waals surface area contributed by atoms with Gasteiger partial charge in [0, 0.05) is 10.8 Å². The minimum absolute atomic E-state index is 0.00624. The Balaban J connectivity index is 1.36. The molecule has 182 valence electrons. The number of hydrogen-bond donors (Lipinski definition) is 2. The number of aliphatic hydroxyl groups excluding tert-OH is 2. The molecular weight excluding hydrogens is 468 g/mol. The van der Waals surface area contributed by atoms with Crippen LogP contribution in [0, 0.1) is 0 Å². The van der Waals surface area contributed by atoms with Crippen molar-refractivity contribution in [3.05, 3.63) is 96.0 Å². The standard InChI is InChI=1S/C28H27ClO6/c29-26-15-14-24-25(28(26)35-19-21(31)17-33-23-10-5-2-6-11-23)12-7-13-27(24)34-18-20(30)16-32-22-8-3-1-4-9-22/h1-15,20-21,30-31H,16-19H2. The molecule has 0 aliphatic rings. The van der Waals surface area contributed by atoms with E-state index in [4.69, 9.17) is 30.5 Å². The van der Waals surface area contributed by atoms with Gasteiger partial charge >= 0.3 is 0 Å². The van der Waals surface area contributed by atoms with Crippen LogP contribution in [-0.4, -0.2) is 48.8 Å². The van der Waals surface area contributed by atoms with Crippen LogP contribution in [0.5, 0.6) is 23.0 Å². The molecule has 35 heavy (non-hydrogen) atoms. The number of benzene rings is 4. The fourth-order valence-electron chi connectivity index (χ4n) is 3.43. The molecule has 0 aromatic heterocycles. The smallest absolute Gasteiger partial charge is 0.145 e. The number of aliphatic hydroxyl groups is 2. The van der Waals surface area contributed by atoms with Gasteiger partial charge in [0.1, 0.15) is 61.6 Å². The number of rotatable bonds is 12. The van der Waals surface area contributed by atoms with E-state index in [-0.39, 0.29) is 26.4 Å². The lowest BCUT2D eigenvalue weighted by Gasteiger charge is -2.18. The van der Waals surface area contributed by atoms with E-state index < -0.39 is 12.2 Å². The van der Waals surface area contributed by atoms with Crippen LogP contribution >= 0.6 is 11.6 Å². The van der Waals surface area contributed by atoms with Gasteiger partial charge in [0.05, 0.1) is 5.02 Å². The molecule has 4 aromatic carbocycles. The lowest BCUT2D eigenvalue weighted by molar-refractivity contribution is 0.0627. The second kappa shape index (κ2) is 12.3. The lowest BCUT2D eigenvalue weighted by Crippen LogP contribution is -2.25. The SMILES string of the molecule is OC(COc1ccccc1)COc1cccc2c(OCC(O)COc3ccccc3)c(Cl)ccc12. The number of hydrogen-bond acceptors (Lipinski definition) is 6. The summed E-state index contributed by atoms with van der Waals surface area (Å²) in [6.45, 7) is 0.258. The number of fused-ring (bicyclic) bond motifs is 1. The molecule has 0 saturated carbocycles. The maximum absolute atomic E-state index is 10.3. The van der Waals surface area contributed by atoms with Crippen molar-refractivity contribution in [3.8, 4) is 23.0 Å². The topological polar surface area (TPSA) is 77.4 Å². The Morgan fingerprint density at radius 2 is 1.09 bits per heavy atom. The normalized spacial score (nSPS) is 12.7. The van der Waals surface area contributed by atoms with Crippen LogP contribution in [0.1, 0.15) is 0 Å². The third-order valence-electron chi connectivity index (χ3n) is 5.15. The van der Waals surface area contributed by atoms with E-state index in [1.165, 1.54) is 0 Å². The van der Waals surface area contributed by atoms with Crippen LogP contribution in [0.15, 0.2) is 91.0 Å². The second-order valence-corrected chi connectivity index (χ2v) is 8.31. The van der Waals surface area contributed by atoms with E-state index >= 15 is 0 Å². The van der Waals surface area contributed by atoms with Crippen molar-refractivity contribution in [1.29, 1.82) is 0 Å². The molecule has 2 N–H and O–H groups in total. The summed E-state index contributed by atoms with van der Waals surface area (Å²) in [6, 6.07) is 27.6. The monoisotopic (exact) mass is 494 g/mol. The van der Waals surface area contributed by atoms with Crippen molar-refractivity contribution in [2.75, 3.05) is 26.4 Å². The third kappa shape index (κ3) is 7.02. The summed E-state index contributed by atoms with van der Waals surface area (Å²) < 4.78 is 22.9. The van der Waals surface area contributed by atoms with Crippen LogP contribution < -0.4 is 18.9 Å². The number of para-hydroxylation sites is 2. The van der Waals surface area contributed by atoms with Gasteiger partial charge in [-0.25, -0.2) is 0 Å². The predicted octanol–water partition coefficient (Wildman–Crippen LogP) is 5.13. The summed E-state index contributed by atoms with van der Waals surface area (Å²) in [5, 5.41) is 22.5. The third-order valence-corrected chi connectivity index (χ3v) is 5.44. The van der Waals surface area contributed by atoms with Crippen molar-refractivity contribution in [2.45, 2.75) is 12.2 Å². The summed E-state index contributed by atoms with van der Waals surface area (Å²) in [7, 11) is 0. The molecule has 0 bridgehead atoms. The van der Waals surface area contributed by atoms with Gasteiger partial charge in [0.2, 0.25) is 0 Å². The Morgan fingerprint density at radius 3 is 1.69 bits per heavy atom. The second-order valence-electron chi connectivity index (χ2n) is 7.91. The Bertz CT molecular complexity index is 1200. The Morgan fingerprint density at radius 1 is 0.543 bits per heavy atom. The largest absolute Gasteiger partial charge is 0.491 e. The van der Waals surface area contributed by atoms with Gasteiger partial charge in [0.25, 0.3) is 0 Å². The average molecular weight is 495 g/mol. The van der Waals surface area contributed by atoms with Crippen LogP contribution in [-0.2, 0) is 0 Å². The van der Waals surface area contributed by atoms with Gasteiger partial charge in [-0.1, -0.05) is 60.1 Å². The van der Waals surface area contributed by atoms with Crippen LogP contribution in [0.3, 0.4) is 0 Å². The van der Waals surface area contributed by atoms with Crippen molar-refractivity contribution >= 4 is 22.4 Å². The summed E-state index contributed by atoms with van der Waals surface area (Å²) in [5.74, 6) is 2.38. The molecule has 2 atom stereocenters. The molecule has 0 amide bonds. The van der Waals surface area contributed by atoms with E-state index in [0.29, 0.717) is 28.0 Å². The first-order valence-corrected chi connectivity index (χ1v) is 11.7.